The molecular formula is C19H29NO6. The van der Waals surface area contributed by atoms with Gasteiger partial charge in [0, 0.05) is 12.8 Å². The van der Waals surface area contributed by atoms with Crippen LogP contribution in [-0.2, 0) is 23.9 Å². The Morgan fingerprint density at radius 2 is 1.42 bits per heavy atom. The van der Waals surface area contributed by atoms with E-state index in [-0.39, 0.29) is 19.4 Å². The van der Waals surface area contributed by atoms with Crippen molar-refractivity contribution >= 4 is 23.8 Å². The predicted molar refractivity (Wildman–Crippen MR) is 97.2 cm³/mol. The summed E-state index contributed by atoms with van der Waals surface area (Å²) in [6.07, 6.45) is 7.91. The molecule has 0 radical (unpaired) electrons. The molecule has 1 atom stereocenters. The Labute approximate surface area is 154 Å². The van der Waals surface area contributed by atoms with Gasteiger partial charge in [-0.15, -0.1) is 0 Å². The van der Waals surface area contributed by atoms with Crippen LogP contribution < -0.4 is 0 Å². The van der Waals surface area contributed by atoms with Gasteiger partial charge in [0.1, 0.15) is 6.04 Å². The van der Waals surface area contributed by atoms with E-state index in [2.05, 4.69) is 0 Å². The lowest BCUT2D eigenvalue weighted by molar-refractivity contribution is -0.161. The molecule has 0 aromatic heterocycles. The molecule has 0 fully saturated rings. The molecule has 0 aliphatic heterocycles. The largest absolute Gasteiger partial charge is 0.480 e. The van der Waals surface area contributed by atoms with Crippen LogP contribution in [0, 0.1) is 0 Å². The average molecular weight is 367 g/mol. The number of esters is 1. The number of carbonyl (C=O) groups excluding carboxylic acids is 3. The van der Waals surface area contributed by atoms with Crippen LogP contribution in [0.15, 0.2) is 24.3 Å². The fourth-order valence-electron chi connectivity index (χ4n) is 2.11. The number of allylic oxidation sites excluding steroid dienone is 2. The molecule has 0 aromatic carbocycles. The number of carbonyl (C=O) groups is 4. The van der Waals surface area contributed by atoms with Crippen LogP contribution in [0.2, 0.25) is 0 Å². The molecule has 0 bridgehead atoms. The second-order valence-corrected chi connectivity index (χ2v) is 5.60. The highest BCUT2D eigenvalue weighted by molar-refractivity contribution is 6.01. The third-order valence-electron chi connectivity index (χ3n) is 3.35. The molecule has 2 amide bonds. The van der Waals surface area contributed by atoms with Gasteiger partial charge in [-0.2, -0.15) is 0 Å². The maximum absolute atomic E-state index is 12.4. The Kier molecular flexibility index (Phi) is 12.5. The highest BCUT2D eigenvalue weighted by Gasteiger charge is 2.35. The lowest BCUT2D eigenvalue weighted by Gasteiger charge is -2.26. The van der Waals surface area contributed by atoms with Gasteiger partial charge in [0.2, 0.25) is 11.8 Å². The summed E-state index contributed by atoms with van der Waals surface area (Å²) in [5.74, 6) is -3.47. The van der Waals surface area contributed by atoms with Crippen molar-refractivity contribution in [2.24, 2.45) is 0 Å². The van der Waals surface area contributed by atoms with E-state index in [4.69, 9.17) is 4.74 Å². The van der Waals surface area contributed by atoms with E-state index >= 15 is 0 Å². The number of nitrogens with zero attached hydrogens (tertiary/aromatic N) is 1. The standard InChI is InChI=1S/C19H29NO6/c1-4-7-9-11-16(21)20(17(22)12-10-8-5-2)15(19(24)25)14-18(23)26-13-6-3/h7-10,15H,4-6,11-14H2,1-3H3,(H,24,25)/b9-7+,10-8+. The molecular weight excluding hydrogens is 338 g/mol. The number of carboxylic acids is 1. The first-order chi connectivity index (χ1) is 12.4. The quantitative estimate of drug-likeness (QED) is 0.420. The van der Waals surface area contributed by atoms with Crippen molar-refractivity contribution in [1.82, 2.24) is 4.90 Å². The number of aliphatic carboxylic acids is 1. The predicted octanol–water partition coefficient (Wildman–Crippen LogP) is 2.85. The van der Waals surface area contributed by atoms with Crippen molar-refractivity contribution in [2.45, 2.75) is 65.3 Å². The number of carboxylic acid groups (broad SMARTS) is 1. The van der Waals surface area contributed by atoms with E-state index in [0.717, 1.165) is 0 Å². The van der Waals surface area contributed by atoms with Crippen molar-refractivity contribution in [2.75, 3.05) is 6.61 Å². The molecule has 0 spiro atoms. The van der Waals surface area contributed by atoms with Crippen molar-refractivity contribution in [3.8, 4) is 0 Å². The SMILES string of the molecule is CC/C=C/CC(=O)N(C(=O)C/C=C/CC)C(CC(=O)OCCC)C(=O)O. The van der Waals surface area contributed by atoms with Crippen LogP contribution >= 0.6 is 0 Å². The summed E-state index contributed by atoms with van der Waals surface area (Å²) in [6.45, 7) is 5.75. The summed E-state index contributed by atoms with van der Waals surface area (Å²) in [5, 5.41) is 9.47. The molecule has 1 unspecified atom stereocenters. The fourth-order valence-corrected chi connectivity index (χ4v) is 2.11. The van der Waals surface area contributed by atoms with Crippen LogP contribution in [-0.4, -0.2) is 46.4 Å². The zero-order valence-electron chi connectivity index (χ0n) is 15.8. The average Bonchev–Trinajstić information content (AvgIpc) is 2.59. The minimum absolute atomic E-state index is 0.106. The third kappa shape index (κ3) is 9.15. The minimum atomic E-state index is -1.58. The van der Waals surface area contributed by atoms with Gasteiger partial charge in [-0.1, -0.05) is 45.1 Å². The Bertz CT molecular complexity index is 510. The fraction of sp³-hybridized carbons (Fsp3) is 0.579. The molecule has 1 N–H and O–H groups in total. The van der Waals surface area contributed by atoms with Gasteiger partial charge in [0.05, 0.1) is 13.0 Å². The number of rotatable bonds is 12. The first kappa shape index (κ1) is 23.6. The summed E-state index contributed by atoms with van der Waals surface area (Å²) in [7, 11) is 0. The summed E-state index contributed by atoms with van der Waals surface area (Å²) in [6, 6.07) is -1.58. The van der Waals surface area contributed by atoms with E-state index in [1.54, 1.807) is 31.2 Å². The van der Waals surface area contributed by atoms with Crippen LogP contribution in [0.1, 0.15) is 59.3 Å². The molecule has 7 nitrogen and oxygen atoms in total. The lowest BCUT2D eigenvalue weighted by atomic mass is 10.1. The molecule has 0 aliphatic carbocycles. The zero-order valence-corrected chi connectivity index (χ0v) is 15.8. The number of imide groups is 1. The Hall–Kier alpha value is -2.44. The Morgan fingerprint density at radius 1 is 0.923 bits per heavy atom. The monoisotopic (exact) mass is 367 g/mol. The molecule has 0 saturated carbocycles. The van der Waals surface area contributed by atoms with Gasteiger partial charge in [0.25, 0.3) is 0 Å². The molecule has 0 aromatic rings. The third-order valence-corrected chi connectivity index (χ3v) is 3.35. The van der Waals surface area contributed by atoms with E-state index in [9.17, 15) is 24.3 Å². The number of hydrogen-bond donors (Lipinski definition) is 1. The number of ether oxygens (including phenoxy) is 1. The molecule has 0 aliphatic rings. The highest BCUT2D eigenvalue weighted by atomic mass is 16.5. The van der Waals surface area contributed by atoms with Crippen molar-refractivity contribution < 1.29 is 29.0 Å². The Morgan fingerprint density at radius 3 is 1.81 bits per heavy atom. The van der Waals surface area contributed by atoms with Gasteiger partial charge in [-0.3, -0.25) is 19.3 Å². The second kappa shape index (κ2) is 13.8. The van der Waals surface area contributed by atoms with Crippen LogP contribution in [0.5, 0.6) is 0 Å². The van der Waals surface area contributed by atoms with E-state index < -0.39 is 36.2 Å². The maximum atomic E-state index is 12.4. The topological polar surface area (TPSA) is 101 Å². The molecule has 0 saturated heterocycles. The Balaban J connectivity index is 5.43. The van der Waals surface area contributed by atoms with Gasteiger partial charge in [0.15, 0.2) is 0 Å². The van der Waals surface area contributed by atoms with E-state index in [0.29, 0.717) is 24.2 Å². The normalized spacial score (nSPS) is 12.3. The van der Waals surface area contributed by atoms with Crippen LogP contribution in [0.4, 0.5) is 0 Å². The summed E-state index contributed by atoms with van der Waals surface area (Å²) in [4.78, 5) is 49.0. The molecule has 26 heavy (non-hydrogen) atoms. The summed E-state index contributed by atoms with van der Waals surface area (Å²) < 4.78 is 4.90. The van der Waals surface area contributed by atoms with Gasteiger partial charge < -0.3 is 9.84 Å². The van der Waals surface area contributed by atoms with Crippen molar-refractivity contribution in [3.05, 3.63) is 24.3 Å². The lowest BCUT2D eigenvalue weighted by Crippen LogP contribution is -2.49. The van der Waals surface area contributed by atoms with Gasteiger partial charge in [-0.05, 0) is 19.3 Å². The van der Waals surface area contributed by atoms with Crippen molar-refractivity contribution in [1.29, 1.82) is 0 Å². The molecule has 146 valence electrons. The minimum Gasteiger partial charge on any atom is -0.480 e. The highest BCUT2D eigenvalue weighted by Crippen LogP contribution is 2.12. The zero-order chi connectivity index (χ0) is 19.9. The maximum Gasteiger partial charge on any atom is 0.327 e. The van der Waals surface area contributed by atoms with E-state index in [1.165, 1.54) is 0 Å². The van der Waals surface area contributed by atoms with E-state index in [1.807, 2.05) is 13.8 Å². The number of amides is 2. The second-order valence-electron chi connectivity index (χ2n) is 5.60. The molecule has 7 heteroatoms. The first-order valence-corrected chi connectivity index (χ1v) is 8.92. The first-order valence-electron chi connectivity index (χ1n) is 8.92. The number of hydrogen-bond acceptors (Lipinski definition) is 5. The summed E-state index contributed by atoms with van der Waals surface area (Å²) >= 11 is 0. The van der Waals surface area contributed by atoms with Crippen LogP contribution in [0.3, 0.4) is 0 Å². The molecule has 0 rings (SSSR count). The van der Waals surface area contributed by atoms with Crippen molar-refractivity contribution in [3.63, 3.8) is 0 Å². The smallest absolute Gasteiger partial charge is 0.327 e. The molecule has 0 heterocycles. The van der Waals surface area contributed by atoms with Gasteiger partial charge >= 0.3 is 11.9 Å². The van der Waals surface area contributed by atoms with Crippen LogP contribution in [0.25, 0.3) is 0 Å². The van der Waals surface area contributed by atoms with Gasteiger partial charge in [-0.25, -0.2) is 4.79 Å². The summed E-state index contributed by atoms with van der Waals surface area (Å²) in [5.41, 5.74) is 0.